The van der Waals surface area contributed by atoms with Gasteiger partial charge in [-0.05, 0) is 53.0 Å². The maximum Gasteiger partial charge on any atom is 0.340 e. The first kappa shape index (κ1) is 20.1. The molecule has 0 aliphatic rings. The maximum atomic E-state index is 13.3. The number of amides is 1. The number of benzene rings is 2. The molecule has 0 aliphatic heterocycles. The number of carbonyl (C=O) groups is 2. The molecule has 0 saturated heterocycles. The molecule has 0 spiro atoms. The second-order valence-electron chi connectivity index (χ2n) is 5.93. The van der Waals surface area contributed by atoms with Crippen molar-refractivity contribution in [1.29, 1.82) is 0 Å². The Morgan fingerprint density at radius 2 is 1.88 bits per heavy atom. The van der Waals surface area contributed by atoms with Gasteiger partial charge in [-0.3, -0.25) is 4.79 Å². The third-order valence-electron chi connectivity index (χ3n) is 3.90. The molecule has 0 heterocycles. The van der Waals surface area contributed by atoms with Gasteiger partial charge in [-0.2, -0.15) is 0 Å². The van der Waals surface area contributed by atoms with Gasteiger partial charge in [0.2, 0.25) is 0 Å². The summed E-state index contributed by atoms with van der Waals surface area (Å²) in [4.78, 5) is 24.7. The van der Waals surface area contributed by atoms with Crippen molar-refractivity contribution >= 4 is 27.8 Å². The van der Waals surface area contributed by atoms with Crippen LogP contribution in [0.3, 0.4) is 0 Å². The van der Waals surface area contributed by atoms with E-state index in [4.69, 9.17) is 4.74 Å². The Kier molecular flexibility index (Phi) is 7.33. The first-order valence-electron chi connectivity index (χ1n) is 8.43. The molecule has 4 nitrogen and oxygen atoms in total. The van der Waals surface area contributed by atoms with Crippen LogP contribution in [-0.2, 0) is 9.53 Å². The van der Waals surface area contributed by atoms with E-state index in [1.807, 2.05) is 37.3 Å². The van der Waals surface area contributed by atoms with Gasteiger partial charge in [-0.25, -0.2) is 9.18 Å². The van der Waals surface area contributed by atoms with E-state index in [1.54, 1.807) is 0 Å². The molecular formula is C20H21BrFNO3. The van der Waals surface area contributed by atoms with Crippen LogP contribution < -0.4 is 5.32 Å². The molecule has 0 radical (unpaired) electrons. The third-order valence-corrected chi connectivity index (χ3v) is 4.59. The van der Waals surface area contributed by atoms with Gasteiger partial charge < -0.3 is 10.1 Å². The minimum absolute atomic E-state index is 0.0396. The van der Waals surface area contributed by atoms with E-state index < -0.39 is 23.8 Å². The summed E-state index contributed by atoms with van der Waals surface area (Å²) < 4.78 is 18.9. The smallest absolute Gasteiger partial charge is 0.340 e. The van der Waals surface area contributed by atoms with Gasteiger partial charge in [0.15, 0.2) is 6.10 Å². The van der Waals surface area contributed by atoms with Gasteiger partial charge in [0.1, 0.15) is 5.82 Å². The lowest BCUT2D eigenvalue weighted by Crippen LogP contribution is -2.38. The fraction of sp³-hybridized carbons (Fsp3) is 0.300. The normalized spacial score (nSPS) is 12.9. The first-order valence-corrected chi connectivity index (χ1v) is 9.23. The van der Waals surface area contributed by atoms with Crippen LogP contribution >= 0.6 is 15.9 Å². The van der Waals surface area contributed by atoms with Crippen molar-refractivity contribution in [3.63, 3.8) is 0 Å². The van der Waals surface area contributed by atoms with Crippen molar-refractivity contribution < 1.29 is 18.7 Å². The molecule has 0 fully saturated rings. The molecule has 0 aliphatic carbocycles. The predicted molar refractivity (Wildman–Crippen MR) is 101 cm³/mol. The van der Waals surface area contributed by atoms with E-state index >= 15 is 0 Å². The van der Waals surface area contributed by atoms with Gasteiger partial charge in [0, 0.05) is 4.47 Å². The molecular weight excluding hydrogens is 401 g/mol. The average molecular weight is 422 g/mol. The van der Waals surface area contributed by atoms with Crippen molar-refractivity contribution in [2.45, 2.75) is 38.8 Å². The number of hydrogen-bond donors (Lipinski definition) is 1. The number of halogens is 2. The van der Waals surface area contributed by atoms with E-state index in [2.05, 4.69) is 21.2 Å². The zero-order valence-corrected chi connectivity index (χ0v) is 16.3. The number of esters is 1. The van der Waals surface area contributed by atoms with Crippen LogP contribution in [-0.4, -0.2) is 18.0 Å². The molecule has 6 heteroatoms. The van der Waals surface area contributed by atoms with Gasteiger partial charge >= 0.3 is 5.97 Å². The molecule has 2 aromatic carbocycles. The fourth-order valence-corrected chi connectivity index (χ4v) is 2.93. The summed E-state index contributed by atoms with van der Waals surface area (Å²) in [5, 5.41) is 2.91. The lowest BCUT2D eigenvalue weighted by Gasteiger charge is -2.21. The highest BCUT2D eigenvalue weighted by Crippen LogP contribution is 2.21. The maximum absolute atomic E-state index is 13.3. The van der Waals surface area contributed by atoms with Crippen LogP contribution in [0, 0.1) is 5.82 Å². The van der Waals surface area contributed by atoms with Crippen LogP contribution in [0.15, 0.2) is 53.0 Å². The second-order valence-corrected chi connectivity index (χ2v) is 6.79. The van der Waals surface area contributed by atoms with E-state index in [0.717, 1.165) is 24.5 Å². The molecule has 0 aromatic heterocycles. The molecule has 26 heavy (non-hydrogen) atoms. The summed E-state index contributed by atoms with van der Waals surface area (Å²) in [6, 6.07) is 13.2. The molecule has 0 bridgehead atoms. The van der Waals surface area contributed by atoms with Crippen LogP contribution in [0.25, 0.3) is 0 Å². The van der Waals surface area contributed by atoms with E-state index in [-0.39, 0.29) is 11.6 Å². The lowest BCUT2D eigenvalue weighted by molar-refractivity contribution is -0.129. The molecule has 2 atom stereocenters. The highest BCUT2D eigenvalue weighted by molar-refractivity contribution is 9.10. The van der Waals surface area contributed by atoms with Crippen molar-refractivity contribution in [1.82, 2.24) is 5.32 Å². The minimum atomic E-state index is -0.999. The van der Waals surface area contributed by atoms with Crippen LogP contribution in [0.1, 0.15) is 48.7 Å². The molecule has 1 N–H and O–H groups in total. The topological polar surface area (TPSA) is 55.4 Å². The van der Waals surface area contributed by atoms with E-state index in [9.17, 15) is 14.0 Å². The number of hydrogen-bond acceptors (Lipinski definition) is 3. The molecule has 1 amide bonds. The molecule has 2 aromatic rings. The summed E-state index contributed by atoms with van der Waals surface area (Å²) in [5.41, 5.74) is 1.03. The number of ether oxygens (including phenoxy) is 1. The van der Waals surface area contributed by atoms with Gasteiger partial charge in [0.25, 0.3) is 5.91 Å². The fourth-order valence-electron chi connectivity index (χ4n) is 2.52. The Balaban J connectivity index is 2.04. The molecule has 2 unspecified atom stereocenters. The minimum Gasteiger partial charge on any atom is -0.449 e. The van der Waals surface area contributed by atoms with Crippen LogP contribution in [0.5, 0.6) is 0 Å². The Labute approximate surface area is 160 Å². The highest BCUT2D eigenvalue weighted by atomic mass is 79.9. The first-order chi connectivity index (χ1) is 12.4. The molecule has 0 saturated carbocycles. The SMILES string of the molecule is CCCC(NC(=O)C(C)OC(=O)c1cc(F)ccc1Br)c1ccccc1. The summed E-state index contributed by atoms with van der Waals surface area (Å²) >= 11 is 3.18. The monoisotopic (exact) mass is 421 g/mol. The van der Waals surface area contributed by atoms with Crippen LogP contribution in [0.4, 0.5) is 4.39 Å². The average Bonchev–Trinajstić information content (AvgIpc) is 2.63. The largest absolute Gasteiger partial charge is 0.449 e. The zero-order valence-electron chi connectivity index (χ0n) is 14.7. The number of carbonyl (C=O) groups excluding carboxylic acids is 2. The third kappa shape index (κ3) is 5.39. The second kappa shape index (κ2) is 9.48. The van der Waals surface area contributed by atoms with Crippen molar-refractivity contribution in [2.75, 3.05) is 0 Å². The van der Waals surface area contributed by atoms with Crippen LogP contribution in [0.2, 0.25) is 0 Å². The Morgan fingerprint density at radius 1 is 1.19 bits per heavy atom. The standard InChI is InChI=1S/C20H21BrFNO3/c1-3-7-18(14-8-5-4-6-9-14)23-19(24)13(2)26-20(25)16-12-15(22)10-11-17(16)21/h4-6,8-13,18H,3,7H2,1-2H3,(H,23,24). The molecule has 138 valence electrons. The van der Waals surface area contributed by atoms with Crippen molar-refractivity contribution in [3.05, 3.63) is 69.9 Å². The van der Waals surface area contributed by atoms with E-state index in [0.29, 0.717) is 4.47 Å². The van der Waals surface area contributed by atoms with Gasteiger partial charge in [-0.1, -0.05) is 43.7 Å². The summed E-state index contributed by atoms with van der Waals surface area (Å²) in [5.74, 6) is -1.71. The lowest BCUT2D eigenvalue weighted by atomic mass is 10.0. The van der Waals surface area contributed by atoms with E-state index in [1.165, 1.54) is 19.1 Å². The Bertz CT molecular complexity index is 767. The van der Waals surface area contributed by atoms with Crippen molar-refractivity contribution in [3.8, 4) is 0 Å². The summed E-state index contributed by atoms with van der Waals surface area (Å²) in [6.07, 6.45) is 0.663. The molecule has 2 rings (SSSR count). The number of rotatable bonds is 7. The highest BCUT2D eigenvalue weighted by Gasteiger charge is 2.23. The summed E-state index contributed by atoms with van der Waals surface area (Å²) in [7, 11) is 0. The van der Waals surface area contributed by atoms with Gasteiger partial charge in [0.05, 0.1) is 11.6 Å². The quantitative estimate of drug-likeness (QED) is 0.653. The van der Waals surface area contributed by atoms with Crippen molar-refractivity contribution in [2.24, 2.45) is 0 Å². The summed E-state index contributed by atoms with van der Waals surface area (Å²) in [6.45, 7) is 3.53. The van der Waals surface area contributed by atoms with Gasteiger partial charge in [-0.15, -0.1) is 0 Å². The Morgan fingerprint density at radius 3 is 2.54 bits per heavy atom. The Hall–Kier alpha value is -2.21. The number of nitrogens with one attached hydrogen (secondary N) is 1. The predicted octanol–water partition coefficient (Wildman–Crippen LogP) is 4.79. The zero-order chi connectivity index (χ0) is 19.1.